The van der Waals surface area contributed by atoms with Crippen LogP contribution >= 0.6 is 0 Å². The molecule has 0 saturated heterocycles. The molecule has 114 valence electrons. The summed E-state index contributed by atoms with van der Waals surface area (Å²) in [5.74, 6) is 1.45. The monoisotopic (exact) mass is 281 g/mol. The predicted octanol–water partition coefficient (Wildman–Crippen LogP) is 2.60. The van der Waals surface area contributed by atoms with Crippen molar-refractivity contribution in [2.45, 2.75) is 51.8 Å². The highest BCUT2D eigenvalue weighted by molar-refractivity contribution is 5.39. The Morgan fingerprint density at radius 2 is 1.80 bits per heavy atom. The van der Waals surface area contributed by atoms with Crippen LogP contribution in [0.5, 0.6) is 11.5 Å². The van der Waals surface area contributed by atoms with Crippen molar-refractivity contribution in [3.8, 4) is 11.5 Å². The average Bonchev–Trinajstić information content (AvgIpc) is 2.38. The van der Waals surface area contributed by atoms with E-state index in [0.29, 0.717) is 12.5 Å². The largest absolute Gasteiger partial charge is 0.493 e. The van der Waals surface area contributed by atoms with Crippen molar-refractivity contribution < 1.29 is 14.6 Å². The predicted molar refractivity (Wildman–Crippen MR) is 81.5 cm³/mol. The molecule has 0 spiro atoms. The summed E-state index contributed by atoms with van der Waals surface area (Å²) >= 11 is 0. The van der Waals surface area contributed by atoms with Crippen molar-refractivity contribution in [2.24, 2.45) is 0 Å². The Morgan fingerprint density at radius 1 is 1.20 bits per heavy atom. The third kappa shape index (κ3) is 5.02. The number of aliphatic hydroxyl groups excluding tert-OH is 1. The van der Waals surface area contributed by atoms with E-state index in [2.05, 4.69) is 19.2 Å². The zero-order valence-corrected chi connectivity index (χ0v) is 13.1. The van der Waals surface area contributed by atoms with Gasteiger partial charge in [0.15, 0.2) is 11.5 Å². The van der Waals surface area contributed by atoms with Crippen LogP contribution in [-0.4, -0.2) is 36.5 Å². The third-order valence-electron chi connectivity index (χ3n) is 3.12. The van der Waals surface area contributed by atoms with Crippen molar-refractivity contribution in [1.82, 2.24) is 5.32 Å². The topological polar surface area (TPSA) is 50.7 Å². The molecule has 0 bridgehead atoms. The maximum Gasteiger partial charge on any atom is 0.161 e. The molecule has 2 unspecified atom stereocenters. The van der Waals surface area contributed by atoms with Crippen LogP contribution in [0.25, 0.3) is 0 Å². The second kappa shape index (κ2) is 7.50. The van der Waals surface area contributed by atoms with E-state index in [1.807, 2.05) is 38.1 Å². The number of rotatable bonds is 8. The summed E-state index contributed by atoms with van der Waals surface area (Å²) in [5.41, 5.74) is -0.352. The summed E-state index contributed by atoms with van der Waals surface area (Å²) in [6.45, 7) is 8.22. The maximum absolute atomic E-state index is 9.61. The molecule has 0 aliphatic rings. The zero-order valence-electron chi connectivity index (χ0n) is 13.1. The molecule has 0 aromatic heterocycles. The van der Waals surface area contributed by atoms with Gasteiger partial charge in [-0.1, -0.05) is 26.0 Å². The molecule has 4 heteroatoms. The van der Waals surface area contributed by atoms with E-state index in [-0.39, 0.29) is 18.2 Å². The van der Waals surface area contributed by atoms with Gasteiger partial charge < -0.3 is 19.9 Å². The number of hydrogen-bond donors (Lipinski definition) is 2. The number of aliphatic hydroxyl groups is 1. The molecule has 0 radical (unpaired) electrons. The van der Waals surface area contributed by atoms with Crippen molar-refractivity contribution in [1.29, 1.82) is 0 Å². The zero-order chi connectivity index (χ0) is 15.2. The van der Waals surface area contributed by atoms with E-state index in [4.69, 9.17) is 9.47 Å². The van der Waals surface area contributed by atoms with Gasteiger partial charge in [0.05, 0.1) is 19.8 Å². The second-order valence-corrected chi connectivity index (χ2v) is 5.80. The highest BCUT2D eigenvalue weighted by Gasteiger charge is 2.27. The van der Waals surface area contributed by atoms with Gasteiger partial charge in [-0.2, -0.15) is 0 Å². The van der Waals surface area contributed by atoms with Crippen LogP contribution in [-0.2, 0) is 0 Å². The van der Waals surface area contributed by atoms with Gasteiger partial charge in [0.25, 0.3) is 0 Å². The van der Waals surface area contributed by atoms with Crippen LogP contribution in [0.4, 0.5) is 0 Å². The van der Waals surface area contributed by atoms with E-state index in [1.54, 1.807) is 7.11 Å². The van der Waals surface area contributed by atoms with Crippen molar-refractivity contribution in [2.75, 3.05) is 13.7 Å². The minimum Gasteiger partial charge on any atom is -0.493 e. The molecule has 0 amide bonds. The lowest BCUT2D eigenvalue weighted by Crippen LogP contribution is -2.51. The summed E-state index contributed by atoms with van der Waals surface area (Å²) in [6.07, 6.45) is 0.675. The number of nitrogens with one attached hydrogen (secondary N) is 1. The fraction of sp³-hybridized carbons (Fsp3) is 0.625. The molecule has 0 aliphatic heterocycles. The number of methoxy groups -OCH3 is 1. The average molecular weight is 281 g/mol. The standard InChI is InChI=1S/C16H27NO3/c1-12(2)17-16(4,11-18)10-13(3)20-15-9-7-6-8-14(15)19-5/h6-9,12-13,17-18H,10-11H2,1-5H3. The number of para-hydroxylation sites is 2. The molecule has 0 aliphatic carbocycles. The van der Waals surface area contributed by atoms with Crippen LogP contribution in [0.15, 0.2) is 24.3 Å². The molecule has 20 heavy (non-hydrogen) atoms. The van der Waals surface area contributed by atoms with Crippen molar-refractivity contribution in [3.05, 3.63) is 24.3 Å². The lowest BCUT2D eigenvalue weighted by atomic mass is 9.94. The molecule has 1 aromatic carbocycles. The quantitative estimate of drug-likeness (QED) is 0.769. The first-order valence-electron chi connectivity index (χ1n) is 7.08. The fourth-order valence-electron chi connectivity index (χ4n) is 2.48. The van der Waals surface area contributed by atoms with Gasteiger partial charge in [0, 0.05) is 18.0 Å². The molecule has 0 heterocycles. The van der Waals surface area contributed by atoms with Crippen LogP contribution in [0.1, 0.15) is 34.1 Å². The van der Waals surface area contributed by atoms with Gasteiger partial charge in [-0.05, 0) is 26.0 Å². The third-order valence-corrected chi connectivity index (χ3v) is 3.12. The second-order valence-electron chi connectivity index (χ2n) is 5.80. The van der Waals surface area contributed by atoms with E-state index in [1.165, 1.54) is 0 Å². The first-order valence-corrected chi connectivity index (χ1v) is 7.08. The Kier molecular flexibility index (Phi) is 6.30. The molecular formula is C16H27NO3. The Bertz CT molecular complexity index is 408. The molecule has 0 saturated carbocycles. The number of ether oxygens (including phenoxy) is 2. The Balaban J connectivity index is 2.68. The summed E-state index contributed by atoms with van der Waals surface area (Å²) in [6, 6.07) is 7.91. The highest BCUT2D eigenvalue weighted by atomic mass is 16.5. The number of benzene rings is 1. The van der Waals surface area contributed by atoms with E-state index < -0.39 is 0 Å². The summed E-state index contributed by atoms with van der Waals surface area (Å²) in [7, 11) is 1.63. The minimum atomic E-state index is -0.352. The Labute approximate surface area is 122 Å². The number of hydrogen-bond acceptors (Lipinski definition) is 4. The summed E-state index contributed by atoms with van der Waals surface area (Å²) < 4.78 is 11.2. The molecule has 2 N–H and O–H groups in total. The first-order chi connectivity index (χ1) is 9.40. The van der Waals surface area contributed by atoms with Crippen molar-refractivity contribution >= 4 is 0 Å². The van der Waals surface area contributed by atoms with Crippen LogP contribution in [0.3, 0.4) is 0 Å². The Morgan fingerprint density at radius 3 is 2.30 bits per heavy atom. The Hall–Kier alpha value is -1.26. The summed E-state index contributed by atoms with van der Waals surface area (Å²) in [5, 5.41) is 13.0. The van der Waals surface area contributed by atoms with Crippen LogP contribution in [0, 0.1) is 0 Å². The first kappa shape index (κ1) is 16.8. The van der Waals surface area contributed by atoms with Gasteiger partial charge in [-0.25, -0.2) is 0 Å². The molecule has 1 aromatic rings. The van der Waals surface area contributed by atoms with E-state index in [9.17, 15) is 5.11 Å². The van der Waals surface area contributed by atoms with Gasteiger partial charge in [-0.15, -0.1) is 0 Å². The SMILES string of the molecule is COc1ccccc1OC(C)CC(C)(CO)NC(C)C. The fourth-order valence-corrected chi connectivity index (χ4v) is 2.48. The lowest BCUT2D eigenvalue weighted by molar-refractivity contribution is 0.102. The normalized spacial score (nSPS) is 15.8. The van der Waals surface area contributed by atoms with Gasteiger partial charge in [0.1, 0.15) is 0 Å². The van der Waals surface area contributed by atoms with Gasteiger partial charge in [0.2, 0.25) is 0 Å². The minimum absolute atomic E-state index is 0.0327. The smallest absolute Gasteiger partial charge is 0.161 e. The van der Waals surface area contributed by atoms with Gasteiger partial charge >= 0.3 is 0 Å². The maximum atomic E-state index is 9.61. The van der Waals surface area contributed by atoms with Crippen LogP contribution in [0.2, 0.25) is 0 Å². The molecule has 2 atom stereocenters. The highest BCUT2D eigenvalue weighted by Crippen LogP contribution is 2.28. The molecular weight excluding hydrogens is 254 g/mol. The molecule has 4 nitrogen and oxygen atoms in total. The van der Waals surface area contributed by atoms with Crippen molar-refractivity contribution in [3.63, 3.8) is 0 Å². The van der Waals surface area contributed by atoms with Gasteiger partial charge in [-0.3, -0.25) is 0 Å². The summed E-state index contributed by atoms with van der Waals surface area (Å²) in [4.78, 5) is 0. The molecule has 0 fully saturated rings. The van der Waals surface area contributed by atoms with E-state index >= 15 is 0 Å². The van der Waals surface area contributed by atoms with Crippen LogP contribution < -0.4 is 14.8 Å². The lowest BCUT2D eigenvalue weighted by Gasteiger charge is -2.33. The molecule has 1 rings (SSSR count). The van der Waals surface area contributed by atoms with E-state index in [0.717, 1.165) is 11.5 Å².